The van der Waals surface area contributed by atoms with Crippen LogP contribution in [0, 0.1) is 12.8 Å². The van der Waals surface area contributed by atoms with Crippen LogP contribution in [0.1, 0.15) is 31.4 Å². The minimum atomic E-state index is 0.140. The van der Waals surface area contributed by atoms with Crippen molar-refractivity contribution in [3.05, 3.63) is 29.3 Å². The lowest BCUT2D eigenvalue weighted by Gasteiger charge is -2.16. The maximum atomic E-state index is 6.06. The van der Waals surface area contributed by atoms with E-state index in [1.165, 1.54) is 5.56 Å². The van der Waals surface area contributed by atoms with E-state index in [0.29, 0.717) is 25.0 Å². The molecule has 1 fully saturated rings. The molecule has 2 rings (SSSR count). The Labute approximate surface area is 132 Å². The molecule has 0 radical (unpaired) electrons. The Morgan fingerprint density at radius 2 is 2.32 bits per heavy atom. The summed E-state index contributed by atoms with van der Waals surface area (Å²) < 4.78 is 11.4. The van der Waals surface area contributed by atoms with E-state index >= 15 is 0 Å². The lowest BCUT2D eigenvalue weighted by Crippen LogP contribution is -2.34. The van der Waals surface area contributed by atoms with Gasteiger partial charge in [0.1, 0.15) is 11.9 Å². The molecule has 1 heterocycles. The summed E-state index contributed by atoms with van der Waals surface area (Å²) in [6.45, 7) is 9.10. The molecule has 3 N–H and O–H groups in total. The van der Waals surface area contributed by atoms with Crippen LogP contribution in [-0.2, 0) is 11.3 Å². The Bertz CT molecular complexity index is 509. The van der Waals surface area contributed by atoms with Crippen molar-refractivity contribution >= 4 is 5.96 Å². The van der Waals surface area contributed by atoms with E-state index in [4.69, 9.17) is 15.2 Å². The second kappa shape index (κ2) is 8.03. The van der Waals surface area contributed by atoms with Crippen molar-refractivity contribution in [1.29, 1.82) is 0 Å². The highest BCUT2D eigenvalue weighted by molar-refractivity contribution is 5.77. The average Bonchev–Trinajstić information content (AvgIpc) is 2.97. The molecule has 0 saturated carbocycles. The summed E-state index contributed by atoms with van der Waals surface area (Å²) in [7, 11) is 0. The van der Waals surface area contributed by atoms with Crippen LogP contribution in [0.4, 0.5) is 0 Å². The van der Waals surface area contributed by atoms with E-state index in [-0.39, 0.29) is 6.10 Å². The summed E-state index contributed by atoms with van der Waals surface area (Å²) in [4.78, 5) is 4.40. The number of nitrogens with one attached hydrogen (secondary N) is 1. The van der Waals surface area contributed by atoms with E-state index < -0.39 is 0 Å². The van der Waals surface area contributed by atoms with Crippen molar-refractivity contribution in [3.8, 4) is 5.75 Å². The van der Waals surface area contributed by atoms with Crippen molar-refractivity contribution < 1.29 is 9.47 Å². The van der Waals surface area contributed by atoms with Gasteiger partial charge in [0.05, 0.1) is 19.8 Å². The van der Waals surface area contributed by atoms with Gasteiger partial charge in [-0.05, 0) is 24.5 Å². The zero-order chi connectivity index (χ0) is 15.9. The van der Waals surface area contributed by atoms with Crippen LogP contribution < -0.4 is 15.8 Å². The standard InChI is InChI=1S/C17H27N3O2/c1-12(2)9-19-17(18)20-10-14-5-4-13(3)8-16(14)22-15-6-7-21-11-15/h4-5,8,12,15H,6-7,9-11H2,1-3H3,(H3,18,19,20). The molecule has 0 bridgehead atoms. The van der Waals surface area contributed by atoms with Crippen LogP contribution in [0.15, 0.2) is 23.2 Å². The van der Waals surface area contributed by atoms with Crippen LogP contribution in [0.25, 0.3) is 0 Å². The number of nitrogens with zero attached hydrogens (tertiary/aromatic N) is 1. The van der Waals surface area contributed by atoms with Gasteiger partial charge in [0.15, 0.2) is 5.96 Å². The van der Waals surface area contributed by atoms with Gasteiger partial charge in [-0.15, -0.1) is 0 Å². The molecular weight excluding hydrogens is 278 g/mol. The highest BCUT2D eigenvalue weighted by Gasteiger charge is 2.18. The number of rotatable bonds is 6. The van der Waals surface area contributed by atoms with Crippen molar-refractivity contribution in [2.75, 3.05) is 19.8 Å². The zero-order valence-corrected chi connectivity index (χ0v) is 13.8. The molecule has 5 nitrogen and oxygen atoms in total. The molecule has 1 aromatic carbocycles. The maximum absolute atomic E-state index is 6.06. The van der Waals surface area contributed by atoms with E-state index in [1.807, 2.05) is 0 Å². The summed E-state index contributed by atoms with van der Waals surface area (Å²) >= 11 is 0. The molecule has 1 aliphatic heterocycles. The van der Waals surface area contributed by atoms with Gasteiger partial charge >= 0.3 is 0 Å². The lowest BCUT2D eigenvalue weighted by atomic mass is 10.1. The fourth-order valence-corrected chi connectivity index (χ4v) is 2.22. The van der Waals surface area contributed by atoms with Crippen molar-refractivity contribution in [2.45, 2.75) is 39.8 Å². The first-order valence-electron chi connectivity index (χ1n) is 7.92. The van der Waals surface area contributed by atoms with Gasteiger partial charge in [-0.3, -0.25) is 0 Å². The van der Waals surface area contributed by atoms with Gasteiger partial charge in [-0.2, -0.15) is 0 Å². The van der Waals surface area contributed by atoms with Crippen molar-refractivity contribution in [3.63, 3.8) is 0 Å². The topological polar surface area (TPSA) is 68.9 Å². The lowest BCUT2D eigenvalue weighted by molar-refractivity contribution is 0.140. The number of hydrogen-bond acceptors (Lipinski definition) is 3. The molecule has 122 valence electrons. The molecule has 5 heteroatoms. The van der Waals surface area contributed by atoms with Gasteiger partial charge in [-0.1, -0.05) is 26.0 Å². The first kappa shape index (κ1) is 16.6. The Kier molecular flexibility index (Phi) is 6.07. The van der Waals surface area contributed by atoms with E-state index in [2.05, 4.69) is 49.3 Å². The zero-order valence-electron chi connectivity index (χ0n) is 13.8. The Hall–Kier alpha value is -1.75. The SMILES string of the molecule is Cc1ccc(CN=C(N)NCC(C)C)c(OC2CCOC2)c1. The van der Waals surface area contributed by atoms with Gasteiger partial charge in [-0.25, -0.2) is 4.99 Å². The molecule has 0 aliphatic carbocycles. The van der Waals surface area contributed by atoms with Gasteiger partial charge in [0.25, 0.3) is 0 Å². The second-order valence-corrected chi connectivity index (χ2v) is 6.19. The predicted molar refractivity (Wildman–Crippen MR) is 89.2 cm³/mol. The molecule has 1 aromatic rings. The maximum Gasteiger partial charge on any atom is 0.188 e. The van der Waals surface area contributed by atoms with Crippen LogP contribution in [0.2, 0.25) is 0 Å². The fourth-order valence-electron chi connectivity index (χ4n) is 2.22. The third kappa shape index (κ3) is 5.22. The molecule has 1 aliphatic rings. The largest absolute Gasteiger partial charge is 0.488 e. The Balaban J connectivity index is 2.01. The van der Waals surface area contributed by atoms with Gasteiger partial charge in [0.2, 0.25) is 0 Å². The number of hydrogen-bond donors (Lipinski definition) is 2. The molecule has 0 aromatic heterocycles. The summed E-state index contributed by atoms with van der Waals surface area (Å²) in [6.07, 6.45) is 1.08. The fraction of sp³-hybridized carbons (Fsp3) is 0.588. The summed E-state index contributed by atoms with van der Waals surface area (Å²) in [5.74, 6) is 1.90. The Morgan fingerprint density at radius 3 is 3.00 bits per heavy atom. The third-order valence-electron chi connectivity index (χ3n) is 3.52. The number of nitrogens with two attached hydrogens (primary N) is 1. The summed E-state index contributed by atoms with van der Waals surface area (Å²) in [5.41, 5.74) is 8.11. The first-order valence-corrected chi connectivity index (χ1v) is 7.92. The van der Waals surface area contributed by atoms with Gasteiger partial charge < -0.3 is 20.5 Å². The van der Waals surface area contributed by atoms with Gasteiger partial charge in [0, 0.05) is 18.5 Å². The highest BCUT2D eigenvalue weighted by Crippen LogP contribution is 2.24. The number of guanidine groups is 1. The average molecular weight is 305 g/mol. The number of ether oxygens (including phenoxy) is 2. The van der Waals surface area contributed by atoms with Crippen LogP contribution >= 0.6 is 0 Å². The van der Waals surface area contributed by atoms with E-state index in [0.717, 1.165) is 30.9 Å². The monoisotopic (exact) mass is 305 g/mol. The summed E-state index contributed by atoms with van der Waals surface area (Å²) in [5, 5.41) is 3.12. The van der Waals surface area contributed by atoms with Crippen LogP contribution in [-0.4, -0.2) is 31.8 Å². The Morgan fingerprint density at radius 1 is 1.50 bits per heavy atom. The normalized spacial score (nSPS) is 18.7. The van der Waals surface area contributed by atoms with E-state index in [9.17, 15) is 0 Å². The number of benzene rings is 1. The van der Waals surface area contributed by atoms with E-state index in [1.54, 1.807) is 0 Å². The molecule has 1 atom stereocenters. The molecule has 0 spiro atoms. The minimum Gasteiger partial charge on any atom is -0.488 e. The smallest absolute Gasteiger partial charge is 0.188 e. The molecular formula is C17H27N3O2. The van der Waals surface area contributed by atoms with Crippen LogP contribution in [0.3, 0.4) is 0 Å². The predicted octanol–water partition coefficient (Wildman–Crippen LogP) is 2.22. The second-order valence-electron chi connectivity index (χ2n) is 6.19. The molecule has 1 saturated heterocycles. The van der Waals surface area contributed by atoms with Crippen LogP contribution in [0.5, 0.6) is 5.75 Å². The number of aliphatic imine (C=N–C) groups is 1. The van der Waals surface area contributed by atoms with Crippen molar-refractivity contribution in [2.24, 2.45) is 16.6 Å². The molecule has 0 amide bonds. The highest BCUT2D eigenvalue weighted by atomic mass is 16.5. The molecule has 1 unspecified atom stereocenters. The first-order chi connectivity index (χ1) is 10.5. The quantitative estimate of drug-likeness (QED) is 0.624. The summed E-state index contributed by atoms with van der Waals surface area (Å²) in [6, 6.07) is 6.18. The van der Waals surface area contributed by atoms with Crippen molar-refractivity contribution in [1.82, 2.24) is 5.32 Å². The number of aryl methyl sites for hydroxylation is 1. The third-order valence-corrected chi connectivity index (χ3v) is 3.52. The minimum absolute atomic E-state index is 0.140. The molecule has 22 heavy (non-hydrogen) atoms.